The molecule has 1 saturated carbocycles. The summed E-state index contributed by atoms with van der Waals surface area (Å²) in [5.74, 6) is -0.153. The van der Waals surface area contributed by atoms with Gasteiger partial charge in [-0.1, -0.05) is 18.6 Å². The van der Waals surface area contributed by atoms with E-state index >= 15 is 0 Å². The zero-order chi connectivity index (χ0) is 13.7. The third-order valence-corrected chi connectivity index (χ3v) is 5.03. The van der Waals surface area contributed by atoms with Crippen molar-refractivity contribution in [2.24, 2.45) is 0 Å². The van der Waals surface area contributed by atoms with E-state index in [9.17, 15) is 4.39 Å². The minimum atomic E-state index is -0.153. The average molecular weight is 281 g/mol. The molecule has 0 aromatic heterocycles. The van der Waals surface area contributed by atoms with Crippen LogP contribution in [-0.4, -0.2) is 23.6 Å². The molecule has 1 nitrogen and oxygen atoms in total. The molecule has 1 aromatic rings. The quantitative estimate of drug-likeness (QED) is 0.875. The van der Waals surface area contributed by atoms with Gasteiger partial charge in [-0.05, 0) is 56.6 Å². The van der Waals surface area contributed by atoms with Crippen molar-refractivity contribution >= 4 is 11.8 Å². The molecule has 1 aliphatic carbocycles. The molecule has 3 atom stereocenters. The predicted molar refractivity (Wildman–Crippen MR) is 82.3 cm³/mol. The first-order chi connectivity index (χ1) is 9.17. The first-order valence-electron chi connectivity index (χ1n) is 7.20. The summed E-state index contributed by atoms with van der Waals surface area (Å²) >= 11 is 2.00. The van der Waals surface area contributed by atoms with Crippen LogP contribution in [0.3, 0.4) is 0 Å². The Bertz CT molecular complexity index is 379. The second kappa shape index (κ2) is 7.30. The first-order valence-corrected chi connectivity index (χ1v) is 8.49. The van der Waals surface area contributed by atoms with Gasteiger partial charge < -0.3 is 5.32 Å². The smallest absolute Gasteiger partial charge is 0.123 e. The fourth-order valence-corrected chi connectivity index (χ4v) is 3.77. The van der Waals surface area contributed by atoms with E-state index in [1.165, 1.54) is 31.2 Å². The fourth-order valence-electron chi connectivity index (χ4n) is 2.95. The second-order valence-electron chi connectivity index (χ2n) is 5.62. The van der Waals surface area contributed by atoms with Crippen LogP contribution in [0.4, 0.5) is 4.39 Å². The fraction of sp³-hybridized carbons (Fsp3) is 0.625. The molecule has 0 radical (unpaired) electrons. The SMILES string of the molecule is CSC1CCCC(NC(C)Cc2ccc(F)cc2)C1. The molecular weight excluding hydrogens is 257 g/mol. The van der Waals surface area contributed by atoms with Crippen molar-refractivity contribution in [3.05, 3.63) is 35.6 Å². The van der Waals surface area contributed by atoms with E-state index in [-0.39, 0.29) is 5.82 Å². The van der Waals surface area contributed by atoms with Gasteiger partial charge in [0.2, 0.25) is 0 Å². The number of benzene rings is 1. The molecule has 0 saturated heterocycles. The summed E-state index contributed by atoms with van der Waals surface area (Å²) in [5, 5.41) is 4.56. The van der Waals surface area contributed by atoms with Crippen molar-refractivity contribution < 1.29 is 4.39 Å². The van der Waals surface area contributed by atoms with Gasteiger partial charge in [-0.15, -0.1) is 0 Å². The second-order valence-corrected chi connectivity index (χ2v) is 6.76. The van der Waals surface area contributed by atoms with E-state index in [1.807, 2.05) is 23.9 Å². The highest BCUT2D eigenvalue weighted by atomic mass is 32.2. The Morgan fingerprint density at radius 2 is 2.05 bits per heavy atom. The predicted octanol–water partition coefficient (Wildman–Crippen LogP) is 4.02. The van der Waals surface area contributed by atoms with Gasteiger partial charge in [0.25, 0.3) is 0 Å². The van der Waals surface area contributed by atoms with E-state index in [4.69, 9.17) is 0 Å². The molecule has 0 spiro atoms. The summed E-state index contributed by atoms with van der Waals surface area (Å²) in [6, 6.07) is 7.98. The normalized spacial score (nSPS) is 25.2. The highest BCUT2D eigenvalue weighted by Crippen LogP contribution is 2.27. The summed E-state index contributed by atoms with van der Waals surface area (Å²) in [6.07, 6.45) is 8.48. The van der Waals surface area contributed by atoms with E-state index < -0.39 is 0 Å². The molecule has 3 unspecified atom stereocenters. The van der Waals surface area contributed by atoms with Gasteiger partial charge in [0.1, 0.15) is 5.82 Å². The zero-order valence-electron chi connectivity index (χ0n) is 11.9. The monoisotopic (exact) mass is 281 g/mol. The standard InChI is InChI=1S/C16H24FNS/c1-12(10-13-6-8-14(17)9-7-13)18-15-4-3-5-16(11-15)19-2/h6-9,12,15-16,18H,3-5,10-11H2,1-2H3. The van der Waals surface area contributed by atoms with Crippen LogP contribution in [0, 0.1) is 5.82 Å². The average Bonchev–Trinajstić information content (AvgIpc) is 2.41. The van der Waals surface area contributed by atoms with Crippen LogP contribution >= 0.6 is 11.8 Å². The van der Waals surface area contributed by atoms with Gasteiger partial charge in [-0.2, -0.15) is 11.8 Å². The molecule has 3 heteroatoms. The number of rotatable bonds is 5. The molecule has 19 heavy (non-hydrogen) atoms. The maximum absolute atomic E-state index is 12.9. The molecule has 0 aliphatic heterocycles. The van der Waals surface area contributed by atoms with Crippen molar-refractivity contribution in [2.45, 2.75) is 56.4 Å². The van der Waals surface area contributed by atoms with Crippen LogP contribution in [0.2, 0.25) is 0 Å². The number of nitrogens with one attached hydrogen (secondary N) is 1. The lowest BCUT2D eigenvalue weighted by Crippen LogP contribution is -2.41. The molecule has 1 fully saturated rings. The Hall–Kier alpha value is -0.540. The Morgan fingerprint density at radius 3 is 2.74 bits per heavy atom. The topological polar surface area (TPSA) is 12.0 Å². The Balaban J connectivity index is 1.80. The summed E-state index contributed by atoms with van der Waals surface area (Å²) in [7, 11) is 0. The lowest BCUT2D eigenvalue weighted by molar-refractivity contribution is 0.349. The number of halogens is 1. The molecule has 0 bridgehead atoms. The summed E-state index contributed by atoms with van der Waals surface area (Å²) in [4.78, 5) is 0. The van der Waals surface area contributed by atoms with Crippen LogP contribution in [-0.2, 0) is 6.42 Å². The van der Waals surface area contributed by atoms with E-state index in [0.717, 1.165) is 11.7 Å². The molecule has 1 aromatic carbocycles. The highest BCUT2D eigenvalue weighted by Gasteiger charge is 2.22. The van der Waals surface area contributed by atoms with Gasteiger partial charge >= 0.3 is 0 Å². The van der Waals surface area contributed by atoms with E-state index in [0.29, 0.717) is 12.1 Å². The maximum atomic E-state index is 12.9. The van der Waals surface area contributed by atoms with Crippen LogP contribution in [0.25, 0.3) is 0 Å². The molecule has 2 rings (SSSR count). The minimum absolute atomic E-state index is 0.153. The summed E-state index contributed by atoms with van der Waals surface area (Å²) in [6.45, 7) is 2.23. The van der Waals surface area contributed by atoms with Crippen LogP contribution in [0.15, 0.2) is 24.3 Å². The van der Waals surface area contributed by atoms with Crippen LogP contribution in [0.5, 0.6) is 0 Å². The summed E-state index contributed by atoms with van der Waals surface area (Å²) in [5.41, 5.74) is 1.21. The molecule has 1 N–H and O–H groups in total. The van der Waals surface area contributed by atoms with Crippen molar-refractivity contribution in [3.63, 3.8) is 0 Å². The first kappa shape index (κ1) is 14.9. The van der Waals surface area contributed by atoms with Gasteiger partial charge in [0, 0.05) is 17.3 Å². The lowest BCUT2D eigenvalue weighted by Gasteiger charge is -2.31. The Kier molecular flexibility index (Phi) is 5.71. The maximum Gasteiger partial charge on any atom is 0.123 e. The third kappa shape index (κ3) is 4.81. The van der Waals surface area contributed by atoms with Crippen molar-refractivity contribution in [2.75, 3.05) is 6.26 Å². The van der Waals surface area contributed by atoms with Gasteiger partial charge in [-0.25, -0.2) is 4.39 Å². The third-order valence-electron chi connectivity index (χ3n) is 3.93. The summed E-state index contributed by atoms with van der Waals surface area (Å²) < 4.78 is 12.9. The highest BCUT2D eigenvalue weighted by molar-refractivity contribution is 7.99. The number of thioether (sulfide) groups is 1. The molecule has 106 valence electrons. The van der Waals surface area contributed by atoms with Crippen molar-refractivity contribution in [3.8, 4) is 0 Å². The molecule has 1 aliphatic rings. The number of hydrogen-bond donors (Lipinski definition) is 1. The van der Waals surface area contributed by atoms with Crippen LogP contribution < -0.4 is 5.32 Å². The molecular formula is C16H24FNS. The molecule has 0 heterocycles. The Labute approximate surface area is 120 Å². The van der Waals surface area contributed by atoms with E-state index in [1.54, 1.807) is 12.1 Å². The lowest BCUT2D eigenvalue weighted by atomic mass is 9.94. The molecule has 0 amide bonds. The van der Waals surface area contributed by atoms with Crippen molar-refractivity contribution in [1.29, 1.82) is 0 Å². The van der Waals surface area contributed by atoms with Gasteiger partial charge in [0.15, 0.2) is 0 Å². The zero-order valence-corrected chi connectivity index (χ0v) is 12.7. The van der Waals surface area contributed by atoms with Crippen LogP contribution in [0.1, 0.15) is 38.2 Å². The largest absolute Gasteiger partial charge is 0.311 e. The Morgan fingerprint density at radius 1 is 1.32 bits per heavy atom. The minimum Gasteiger partial charge on any atom is -0.311 e. The van der Waals surface area contributed by atoms with Crippen molar-refractivity contribution in [1.82, 2.24) is 5.32 Å². The number of hydrogen-bond acceptors (Lipinski definition) is 2. The van der Waals surface area contributed by atoms with E-state index in [2.05, 4.69) is 18.5 Å². The van der Waals surface area contributed by atoms with Gasteiger partial charge in [-0.3, -0.25) is 0 Å². The van der Waals surface area contributed by atoms with Gasteiger partial charge in [0.05, 0.1) is 0 Å².